The fraction of sp³-hybridized carbons (Fsp3) is 0.438. The molecule has 2 aromatic rings. The minimum absolute atomic E-state index is 0.173. The van der Waals surface area contributed by atoms with E-state index in [2.05, 4.69) is 9.88 Å². The van der Waals surface area contributed by atoms with Crippen LogP contribution in [0, 0.1) is 18.6 Å². The highest BCUT2D eigenvalue weighted by atomic mass is 35.5. The van der Waals surface area contributed by atoms with E-state index in [-0.39, 0.29) is 16.9 Å². The van der Waals surface area contributed by atoms with Crippen molar-refractivity contribution in [3.05, 3.63) is 34.4 Å². The molecule has 1 aliphatic heterocycles. The minimum Gasteiger partial charge on any atom is -0.383 e. The zero-order valence-corrected chi connectivity index (χ0v) is 13.3. The van der Waals surface area contributed by atoms with Crippen molar-refractivity contribution in [2.75, 3.05) is 25.2 Å². The first-order valence-corrected chi connectivity index (χ1v) is 7.61. The lowest BCUT2D eigenvalue weighted by Crippen LogP contribution is -2.34. The van der Waals surface area contributed by atoms with Gasteiger partial charge in [0.2, 0.25) is 0 Å². The molecule has 0 amide bonds. The highest BCUT2D eigenvalue weighted by Crippen LogP contribution is 2.36. The number of pyridine rings is 1. The van der Waals surface area contributed by atoms with Gasteiger partial charge in [0.15, 0.2) is 0 Å². The van der Waals surface area contributed by atoms with E-state index in [0.29, 0.717) is 23.0 Å². The van der Waals surface area contributed by atoms with Crippen LogP contribution < -0.4 is 4.90 Å². The number of anilines is 1. The maximum Gasteiger partial charge on any atom is 0.137 e. The van der Waals surface area contributed by atoms with Crippen LogP contribution in [0.3, 0.4) is 0 Å². The van der Waals surface area contributed by atoms with E-state index in [9.17, 15) is 8.78 Å². The van der Waals surface area contributed by atoms with Crippen molar-refractivity contribution in [2.24, 2.45) is 0 Å². The molecule has 3 nitrogen and oxygen atoms in total. The smallest absolute Gasteiger partial charge is 0.137 e. The Bertz CT molecular complexity index is 723. The highest BCUT2D eigenvalue weighted by Gasteiger charge is 2.28. The summed E-state index contributed by atoms with van der Waals surface area (Å²) in [5, 5.41) is 0.465. The molecule has 118 valence electrons. The SMILES string of the molecule is COCC1CCCN1c1nc2cc(F)cc(F)c2c(Cl)c1C. The van der Waals surface area contributed by atoms with E-state index >= 15 is 0 Å². The van der Waals surface area contributed by atoms with Gasteiger partial charge in [-0.25, -0.2) is 13.8 Å². The molecule has 1 aromatic carbocycles. The van der Waals surface area contributed by atoms with Crippen molar-refractivity contribution in [1.29, 1.82) is 0 Å². The lowest BCUT2D eigenvalue weighted by atomic mass is 10.1. The van der Waals surface area contributed by atoms with Crippen molar-refractivity contribution in [3.63, 3.8) is 0 Å². The Kier molecular flexibility index (Phi) is 4.19. The summed E-state index contributed by atoms with van der Waals surface area (Å²) >= 11 is 6.33. The summed E-state index contributed by atoms with van der Waals surface area (Å²) in [6, 6.07) is 2.26. The van der Waals surface area contributed by atoms with Gasteiger partial charge in [-0.15, -0.1) is 0 Å². The Hall–Kier alpha value is -1.46. The summed E-state index contributed by atoms with van der Waals surface area (Å²) < 4.78 is 32.7. The number of halogens is 3. The normalized spacial score (nSPS) is 18.4. The van der Waals surface area contributed by atoms with Gasteiger partial charge in [0.1, 0.15) is 17.5 Å². The molecule has 3 rings (SSSR count). The standard InChI is InChI=1S/C16H17ClF2N2O/c1-9-15(17)14-12(19)6-10(18)7-13(14)20-16(9)21-5-3-4-11(21)8-22-2/h6-7,11H,3-5,8H2,1-2H3. The molecule has 22 heavy (non-hydrogen) atoms. The van der Waals surface area contributed by atoms with Gasteiger partial charge in [0.05, 0.1) is 28.6 Å². The number of methoxy groups -OCH3 is 1. The molecule has 1 saturated heterocycles. The van der Waals surface area contributed by atoms with Gasteiger partial charge in [-0.3, -0.25) is 0 Å². The fourth-order valence-corrected chi connectivity index (χ4v) is 3.38. The fourth-order valence-electron chi connectivity index (χ4n) is 3.11. The summed E-state index contributed by atoms with van der Waals surface area (Å²) in [7, 11) is 1.66. The number of rotatable bonds is 3. The third kappa shape index (κ3) is 2.52. The third-order valence-corrected chi connectivity index (χ3v) is 4.63. The average molecular weight is 327 g/mol. The van der Waals surface area contributed by atoms with Crippen LogP contribution >= 0.6 is 11.6 Å². The number of ether oxygens (including phenoxy) is 1. The second kappa shape index (κ2) is 5.97. The van der Waals surface area contributed by atoms with Crippen LogP contribution in [0.25, 0.3) is 10.9 Å². The molecule has 1 aromatic heterocycles. The van der Waals surface area contributed by atoms with Crippen LogP contribution in [0.4, 0.5) is 14.6 Å². The van der Waals surface area contributed by atoms with Crippen LogP contribution in [-0.4, -0.2) is 31.3 Å². The van der Waals surface area contributed by atoms with Gasteiger partial charge in [-0.2, -0.15) is 0 Å². The molecule has 0 aliphatic carbocycles. The van der Waals surface area contributed by atoms with Gasteiger partial charge < -0.3 is 9.64 Å². The molecule has 0 radical (unpaired) electrons. The van der Waals surface area contributed by atoms with Crippen molar-refractivity contribution in [3.8, 4) is 0 Å². The van der Waals surface area contributed by atoms with Crippen LogP contribution in [0.5, 0.6) is 0 Å². The molecule has 1 fully saturated rings. The molecule has 2 heterocycles. The van der Waals surface area contributed by atoms with Gasteiger partial charge >= 0.3 is 0 Å². The summed E-state index contributed by atoms with van der Waals surface area (Å²) in [4.78, 5) is 6.60. The molecular formula is C16H17ClF2N2O. The Balaban J connectivity index is 2.16. The molecule has 1 atom stereocenters. The van der Waals surface area contributed by atoms with Gasteiger partial charge in [-0.1, -0.05) is 11.6 Å². The van der Waals surface area contributed by atoms with E-state index < -0.39 is 11.6 Å². The van der Waals surface area contributed by atoms with Crippen LogP contribution in [0.2, 0.25) is 5.02 Å². The van der Waals surface area contributed by atoms with Crippen molar-refractivity contribution in [2.45, 2.75) is 25.8 Å². The Morgan fingerprint density at radius 3 is 2.91 bits per heavy atom. The van der Waals surface area contributed by atoms with Gasteiger partial charge in [-0.05, 0) is 19.8 Å². The van der Waals surface area contributed by atoms with E-state index in [0.717, 1.165) is 25.5 Å². The van der Waals surface area contributed by atoms with Crippen LogP contribution in [-0.2, 0) is 4.74 Å². The lowest BCUT2D eigenvalue weighted by Gasteiger charge is -2.27. The van der Waals surface area contributed by atoms with Crippen molar-refractivity contribution >= 4 is 28.3 Å². The topological polar surface area (TPSA) is 25.4 Å². The van der Waals surface area contributed by atoms with E-state index in [4.69, 9.17) is 16.3 Å². The molecular weight excluding hydrogens is 310 g/mol. The summed E-state index contributed by atoms with van der Waals surface area (Å²) in [5.74, 6) is -0.655. The zero-order chi connectivity index (χ0) is 15.9. The molecule has 0 N–H and O–H groups in total. The molecule has 1 unspecified atom stereocenters. The number of aromatic nitrogens is 1. The lowest BCUT2D eigenvalue weighted by molar-refractivity contribution is 0.180. The quantitative estimate of drug-likeness (QED) is 0.849. The first-order chi connectivity index (χ1) is 10.5. The van der Waals surface area contributed by atoms with Crippen molar-refractivity contribution in [1.82, 2.24) is 4.98 Å². The van der Waals surface area contributed by atoms with Gasteiger partial charge in [0.25, 0.3) is 0 Å². The molecule has 0 saturated carbocycles. The number of benzene rings is 1. The maximum atomic E-state index is 14.0. The molecule has 1 aliphatic rings. The summed E-state index contributed by atoms with van der Waals surface area (Å²) in [6.07, 6.45) is 2.03. The zero-order valence-electron chi connectivity index (χ0n) is 12.5. The van der Waals surface area contributed by atoms with Crippen LogP contribution in [0.15, 0.2) is 12.1 Å². The molecule has 0 spiro atoms. The number of hydrogen-bond donors (Lipinski definition) is 0. The highest BCUT2D eigenvalue weighted by molar-refractivity contribution is 6.36. The monoisotopic (exact) mass is 326 g/mol. The Morgan fingerprint density at radius 1 is 1.41 bits per heavy atom. The second-order valence-electron chi connectivity index (χ2n) is 5.60. The Morgan fingerprint density at radius 2 is 2.18 bits per heavy atom. The summed E-state index contributed by atoms with van der Waals surface area (Å²) in [5.41, 5.74) is 0.953. The first-order valence-electron chi connectivity index (χ1n) is 7.23. The summed E-state index contributed by atoms with van der Waals surface area (Å²) in [6.45, 7) is 3.24. The van der Waals surface area contributed by atoms with Crippen LogP contribution in [0.1, 0.15) is 18.4 Å². The van der Waals surface area contributed by atoms with Crippen molar-refractivity contribution < 1.29 is 13.5 Å². The number of fused-ring (bicyclic) bond motifs is 1. The second-order valence-corrected chi connectivity index (χ2v) is 5.98. The predicted octanol–water partition coefficient (Wildman–Crippen LogP) is 4.09. The average Bonchev–Trinajstić information content (AvgIpc) is 2.90. The largest absolute Gasteiger partial charge is 0.383 e. The minimum atomic E-state index is -0.683. The van der Waals surface area contributed by atoms with Gasteiger partial charge in [0, 0.05) is 31.4 Å². The number of hydrogen-bond acceptors (Lipinski definition) is 3. The predicted molar refractivity (Wildman–Crippen MR) is 83.7 cm³/mol. The van der Waals surface area contributed by atoms with E-state index in [1.54, 1.807) is 7.11 Å². The molecule has 0 bridgehead atoms. The third-order valence-electron chi connectivity index (χ3n) is 4.15. The number of nitrogens with zero attached hydrogens (tertiary/aromatic N) is 2. The van der Waals surface area contributed by atoms with E-state index in [1.807, 2.05) is 6.92 Å². The van der Waals surface area contributed by atoms with E-state index in [1.165, 1.54) is 6.07 Å². The Labute approximate surface area is 132 Å². The first kappa shape index (κ1) is 15.4. The molecule has 6 heteroatoms. The maximum absolute atomic E-state index is 14.0.